The second kappa shape index (κ2) is 6.52. The van der Waals surface area contributed by atoms with Crippen molar-refractivity contribution in [3.8, 4) is 0 Å². The average molecular weight is 277 g/mol. The molecule has 4 nitrogen and oxygen atoms in total. The molecule has 0 saturated heterocycles. The van der Waals surface area contributed by atoms with E-state index in [2.05, 4.69) is 17.2 Å². The molecule has 2 heterocycles. The second-order valence-electron chi connectivity index (χ2n) is 4.51. The third kappa shape index (κ3) is 3.67. The number of thiazole rings is 1. The molecule has 102 valence electrons. The molecule has 1 amide bonds. The lowest BCUT2D eigenvalue weighted by Gasteiger charge is -2.17. The van der Waals surface area contributed by atoms with E-state index in [-0.39, 0.29) is 11.9 Å². The van der Waals surface area contributed by atoms with Crippen LogP contribution in [0.4, 0.5) is 0 Å². The minimum Gasteiger partial charge on any atom is -0.349 e. The van der Waals surface area contributed by atoms with Crippen molar-refractivity contribution < 1.29 is 4.79 Å². The molecule has 0 aliphatic heterocycles. The molecular weight excluding hydrogens is 258 g/mol. The van der Waals surface area contributed by atoms with Gasteiger partial charge in [-0.25, -0.2) is 4.98 Å². The Balaban J connectivity index is 1.96. The van der Waals surface area contributed by atoms with Crippen LogP contribution in [0.5, 0.6) is 0 Å². The van der Waals surface area contributed by atoms with Crippen molar-refractivity contribution in [1.29, 1.82) is 0 Å². The van der Waals surface area contributed by atoms with Crippen LogP contribution in [0.25, 0.3) is 0 Å². The van der Waals surface area contributed by atoms with Crippen molar-refractivity contribution in [3.05, 3.63) is 40.6 Å². The topological polar surface area (TPSA) is 46.9 Å². The minimum absolute atomic E-state index is 0.0590. The molecule has 0 radical (unpaired) electrons. The van der Waals surface area contributed by atoms with E-state index in [0.717, 1.165) is 23.5 Å². The fraction of sp³-hybridized carbons (Fsp3) is 0.429. The molecule has 1 atom stereocenters. The Labute approximate surface area is 117 Å². The maximum absolute atomic E-state index is 12.3. The van der Waals surface area contributed by atoms with E-state index in [9.17, 15) is 4.79 Å². The predicted octanol–water partition coefficient (Wildman–Crippen LogP) is 2.91. The zero-order valence-electron chi connectivity index (χ0n) is 11.3. The van der Waals surface area contributed by atoms with Crippen LogP contribution in [0.2, 0.25) is 0 Å². The highest BCUT2D eigenvalue weighted by atomic mass is 32.1. The highest BCUT2D eigenvalue weighted by Gasteiger charge is 2.18. The van der Waals surface area contributed by atoms with Crippen molar-refractivity contribution in [3.63, 3.8) is 0 Å². The standard InChI is InChI=1S/C14H19N3OS/c1-3-6-13(17-7-4-5-8-17)14(18)15-9-12-10-19-11(2)16-12/h4-5,7-8,10,13H,3,6,9H2,1-2H3,(H,15,18)/t13-/m0/s1. The van der Waals surface area contributed by atoms with Gasteiger partial charge in [0.1, 0.15) is 6.04 Å². The number of rotatable bonds is 6. The largest absolute Gasteiger partial charge is 0.349 e. The molecule has 2 aromatic heterocycles. The van der Waals surface area contributed by atoms with Crippen molar-refractivity contribution in [1.82, 2.24) is 14.9 Å². The number of nitrogens with one attached hydrogen (secondary N) is 1. The van der Waals surface area contributed by atoms with E-state index < -0.39 is 0 Å². The smallest absolute Gasteiger partial charge is 0.243 e. The molecule has 0 spiro atoms. The van der Waals surface area contributed by atoms with Crippen molar-refractivity contribution in [2.75, 3.05) is 0 Å². The molecule has 0 unspecified atom stereocenters. The van der Waals surface area contributed by atoms with Crippen LogP contribution in [0.1, 0.15) is 36.5 Å². The summed E-state index contributed by atoms with van der Waals surface area (Å²) < 4.78 is 1.96. The number of amides is 1. The molecule has 19 heavy (non-hydrogen) atoms. The SMILES string of the molecule is CCC[C@@H](C(=O)NCc1csc(C)n1)n1cccc1. The number of aromatic nitrogens is 2. The summed E-state index contributed by atoms with van der Waals surface area (Å²) in [5.41, 5.74) is 0.929. The van der Waals surface area contributed by atoms with E-state index in [4.69, 9.17) is 0 Å². The molecule has 0 saturated carbocycles. The third-order valence-electron chi connectivity index (χ3n) is 2.96. The molecule has 0 bridgehead atoms. The van der Waals surface area contributed by atoms with Gasteiger partial charge in [-0.3, -0.25) is 4.79 Å². The normalized spacial score (nSPS) is 12.3. The zero-order valence-corrected chi connectivity index (χ0v) is 12.1. The number of aryl methyl sites for hydroxylation is 1. The molecule has 1 N–H and O–H groups in total. The van der Waals surface area contributed by atoms with Gasteiger partial charge in [-0.1, -0.05) is 13.3 Å². The molecule has 0 aliphatic rings. The summed E-state index contributed by atoms with van der Waals surface area (Å²) in [5.74, 6) is 0.0590. The molecule has 0 aromatic carbocycles. The van der Waals surface area contributed by atoms with Crippen LogP contribution in [0, 0.1) is 6.92 Å². The summed E-state index contributed by atoms with van der Waals surface area (Å²) in [6, 6.07) is 3.76. The first-order chi connectivity index (χ1) is 9.20. The lowest BCUT2D eigenvalue weighted by Crippen LogP contribution is -2.31. The van der Waals surface area contributed by atoms with Gasteiger partial charge in [-0.05, 0) is 25.5 Å². The highest BCUT2D eigenvalue weighted by molar-refractivity contribution is 7.09. The van der Waals surface area contributed by atoms with E-state index in [1.54, 1.807) is 11.3 Å². The molecule has 0 aliphatic carbocycles. The van der Waals surface area contributed by atoms with Crippen molar-refractivity contribution >= 4 is 17.2 Å². The summed E-state index contributed by atoms with van der Waals surface area (Å²) in [4.78, 5) is 16.6. The fourth-order valence-corrected chi connectivity index (χ4v) is 2.64. The van der Waals surface area contributed by atoms with Crippen LogP contribution in [0.3, 0.4) is 0 Å². The van der Waals surface area contributed by atoms with Crippen LogP contribution in [0.15, 0.2) is 29.9 Å². The minimum atomic E-state index is -0.125. The summed E-state index contributed by atoms with van der Waals surface area (Å²) in [5, 5.41) is 5.98. The van der Waals surface area contributed by atoms with E-state index in [1.807, 2.05) is 41.4 Å². The Hall–Kier alpha value is -1.62. The summed E-state index contributed by atoms with van der Waals surface area (Å²) >= 11 is 1.60. The number of carbonyl (C=O) groups excluding carboxylic acids is 1. The van der Waals surface area contributed by atoms with Gasteiger partial charge < -0.3 is 9.88 Å². The highest BCUT2D eigenvalue weighted by Crippen LogP contribution is 2.15. The van der Waals surface area contributed by atoms with Crippen LogP contribution >= 0.6 is 11.3 Å². The van der Waals surface area contributed by atoms with Crippen LogP contribution < -0.4 is 5.32 Å². The Morgan fingerprint density at radius 3 is 2.79 bits per heavy atom. The lowest BCUT2D eigenvalue weighted by atomic mass is 10.1. The quantitative estimate of drug-likeness (QED) is 0.882. The van der Waals surface area contributed by atoms with Crippen LogP contribution in [-0.2, 0) is 11.3 Å². The lowest BCUT2D eigenvalue weighted by molar-refractivity contribution is -0.124. The van der Waals surface area contributed by atoms with Gasteiger partial charge in [0.05, 0.1) is 17.2 Å². The van der Waals surface area contributed by atoms with Gasteiger partial charge in [-0.2, -0.15) is 0 Å². The third-order valence-corrected chi connectivity index (χ3v) is 3.78. The zero-order chi connectivity index (χ0) is 13.7. The van der Waals surface area contributed by atoms with Gasteiger partial charge in [0.2, 0.25) is 5.91 Å². The summed E-state index contributed by atoms with van der Waals surface area (Å²) in [6.07, 6.45) is 5.70. The van der Waals surface area contributed by atoms with Gasteiger partial charge in [0.25, 0.3) is 0 Å². The van der Waals surface area contributed by atoms with Crippen molar-refractivity contribution in [2.45, 2.75) is 39.3 Å². The van der Waals surface area contributed by atoms with Gasteiger partial charge in [0.15, 0.2) is 0 Å². The van der Waals surface area contributed by atoms with Gasteiger partial charge in [0, 0.05) is 17.8 Å². The summed E-state index contributed by atoms with van der Waals surface area (Å²) in [6.45, 7) is 4.56. The van der Waals surface area contributed by atoms with E-state index >= 15 is 0 Å². The molecular formula is C14H19N3OS. The predicted molar refractivity (Wildman–Crippen MR) is 77.1 cm³/mol. The van der Waals surface area contributed by atoms with E-state index in [1.165, 1.54) is 0 Å². The van der Waals surface area contributed by atoms with Crippen LogP contribution in [-0.4, -0.2) is 15.5 Å². The number of carbonyl (C=O) groups is 1. The number of hydrogen-bond donors (Lipinski definition) is 1. The Morgan fingerprint density at radius 2 is 2.21 bits per heavy atom. The number of nitrogens with zero attached hydrogens (tertiary/aromatic N) is 2. The van der Waals surface area contributed by atoms with Gasteiger partial charge >= 0.3 is 0 Å². The fourth-order valence-electron chi connectivity index (χ4n) is 2.03. The molecule has 0 fully saturated rings. The van der Waals surface area contributed by atoms with Crippen molar-refractivity contribution in [2.24, 2.45) is 0 Å². The van der Waals surface area contributed by atoms with Gasteiger partial charge in [-0.15, -0.1) is 11.3 Å². The van der Waals surface area contributed by atoms with E-state index in [0.29, 0.717) is 6.54 Å². The molecule has 5 heteroatoms. The maximum atomic E-state index is 12.3. The molecule has 2 aromatic rings. The average Bonchev–Trinajstić information content (AvgIpc) is 3.04. The Bertz CT molecular complexity index is 519. The first kappa shape index (κ1) is 13.8. The first-order valence-corrected chi connectivity index (χ1v) is 7.40. The Kier molecular flexibility index (Phi) is 4.74. The maximum Gasteiger partial charge on any atom is 0.243 e. The Morgan fingerprint density at radius 1 is 1.47 bits per heavy atom. The second-order valence-corrected chi connectivity index (χ2v) is 5.57. The summed E-state index contributed by atoms with van der Waals surface area (Å²) in [7, 11) is 0. The monoisotopic (exact) mass is 277 g/mol. The number of hydrogen-bond acceptors (Lipinski definition) is 3. The first-order valence-electron chi connectivity index (χ1n) is 6.52. The molecule has 2 rings (SSSR count).